The minimum atomic E-state index is 0.213. The fraction of sp³-hybridized carbons (Fsp3) is 0.538. The molecule has 0 radical (unpaired) electrons. The lowest BCUT2D eigenvalue weighted by Crippen LogP contribution is -2.47. The van der Waals surface area contributed by atoms with Crippen molar-refractivity contribution < 1.29 is 9.47 Å². The number of hydrogen-bond acceptors (Lipinski definition) is 3. The Kier molecular flexibility index (Phi) is 2.91. The van der Waals surface area contributed by atoms with E-state index in [-0.39, 0.29) is 6.10 Å². The minimum absolute atomic E-state index is 0.213. The molecule has 1 atom stereocenters. The van der Waals surface area contributed by atoms with E-state index in [2.05, 4.69) is 29.6 Å². The molecule has 86 valence electrons. The van der Waals surface area contributed by atoms with Crippen molar-refractivity contribution in [3.8, 4) is 0 Å². The molecule has 1 fully saturated rings. The molecule has 1 aromatic carbocycles. The molecule has 0 spiro atoms. The summed E-state index contributed by atoms with van der Waals surface area (Å²) in [5.41, 5.74) is 2.78. The summed E-state index contributed by atoms with van der Waals surface area (Å²) < 4.78 is 11.0. The van der Waals surface area contributed by atoms with Crippen LogP contribution in [0.4, 0.5) is 0 Å². The number of benzene rings is 1. The Labute approximate surface area is 95.8 Å². The molecule has 1 aromatic rings. The van der Waals surface area contributed by atoms with Gasteiger partial charge in [-0.25, -0.2) is 0 Å². The Bertz CT molecular complexity index is 363. The monoisotopic (exact) mass is 219 g/mol. The van der Waals surface area contributed by atoms with Gasteiger partial charge in [0.15, 0.2) is 0 Å². The number of ether oxygens (including phenoxy) is 2. The lowest BCUT2D eigenvalue weighted by Gasteiger charge is -2.31. The molecular formula is C13H17NO2. The Morgan fingerprint density at radius 2 is 2.12 bits per heavy atom. The van der Waals surface area contributed by atoms with E-state index >= 15 is 0 Å². The molecule has 3 rings (SSSR count). The van der Waals surface area contributed by atoms with Gasteiger partial charge in [0, 0.05) is 6.54 Å². The van der Waals surface area contributed by atoms with Crippen LogP contribution in [0, 0.1) is 0 Å². The third-order valence-electron chi connectivity index (χ3n) is 3.32. The highest BCUT2D eigenvalue weighted by atomic mass is 16.5. The fourth-order valence-corrected chi connectivity index (χ4v) is 2.27. The van der Waals surface area contributed by atoms with E-state index in [1.807, 2.05) is 0 Å². The van der Waals surface area contributed by atoms with Crippen LogP contribution >= 0.6 is 0 Å². The van der Waals surface area contributed by atoms with Gasteiger partial charge in [-0.05, 0) is 17.5 Å². The minimum Gasteiger partial charge on any atom is -0.378 e. The molecular weight excluding hydrogens is 202 g/mol. The molecule has 1 N–H and O–H groups in total. The zero-order valence-corrected chi connectivity index (χ0v) is 9.32. The standard InChI is InChI=1S/C13H17NO2/c1-2-4-12-10(3-1)5-6-16-13(12)7-14-11-8-15-9-11/h1-4,11,13-14H,5-9H2. The van der Waals surface area contributed by atoms with E-state index in [1.54, 1.807) is 0 Å². The van der Waals surface area contributed by atoms with Crippen molar-refractivity contribution in [2.45, 2.75) is 18.6 Å². The molecule has 1 unspecified atom stereocenters. The molecule has 0 amide bonds. The lowest BCUT2D eigenvalue weighted by molar-refractivity contribution is -0.0185. The first kappa shape index (κ1) is 10.3. The topological polar surface area (TPSA) is 30.5 Å². The summed E-state index contributed by atoms with van der Waals surface area (Å²) in [6.07, 6.45) is 1.25. The summed E-state index contributed by atoms with van der Waals surface area (Å²) in [4.78, 5) is 0. The average Bonchev–Trinajstić information content (AvgIpc) is 2.27. The Morgan fingerprint density at radius 1 is 1.25 bits per heavy atom. The molecule has 3 heteroatoms. The smallest absolute Gasteiger partial charge is 0.0952 e. The highest BCUT2D eigenvalue weighted by molar-refractivity contribution is 5.31. The Hall–Kier alpha value is -0.900. The second kappa shape index (κ2) is 4.53. The summed E-state index contributed by atoms with van der Waals surface area (Å²) in [5, 5.41) is 3.48. The predicted octanol–water partition coefficient (Wildman–Crippen LogP) is 1.29. The predicted molar refractivity (Wildman–Crippen MR) is 61.4 cm³/mol. The van der Waals surface area contributed by atoms with Gasteiger partial charge >= 0.3 is 0 Å². The number of nitrogens with one attached hydrogen (secondary N) is 1. The number of hydrogen-bond donors (Lipinski definition) is 1. The van der Waals surface area contributed by atoms with Crippen molar-refractivity contribution in [2.75, 3.05) is 26.4 Å². The van der Waals surface area contributed by atoms with Crippen LogP contribution in [-0.2, 0) is 15.9 Å². The van der Waals surface area contributed by atoms with E-state index in [0.717, 1.165) is 32.8 Å². The summed E-state index contributed by atoms with van der Waals surface area (Å²) in [6.45, 7) is 3.41. The summed E-state index contributed by atoms with van der Waals surface area (Å²) in [5.74, 6) is 0. The van der Waals surface area contributed by atoms with Crippen molar-refractivity contribution >= 4 is 0 Å². The maximum Gasteiger partial charge on any atom is 0.0952 e. The first-order chi connectivity index (χ1) is 7.93. The SMILES string of the molecule is c1ccc2c(c1)CCOC2CNC1COC1. The van der Waals surface area contributed by atoms with Gasteiger partial charge in [-0.1, -0.05) is 24.3 Å². The van der Waals surface area contributed by atoms with Crippen LogP contribution in [0.3, 0.4) is 0 Å². The third kappa shape index (κ3) is 1.98. The van der Waals surface area contributed by atoms with Crippen LogP contribution in [0.15, 0.2) is 24.3 Å². The zero-order chi connectivity index (χ0) is 10.8. The molecule has 0 aromatic heterocycles. The van der Waals surface area contributed by atoms with Gasteiger partial charge in [0.25, 0.3) is 0 Å². The largest absolute Gasteiger partial charge is 0.378 e. The molecule has 2 heterocycles. The second-order valence-electron chi connectivity index (χ2n) is 4.45. The molecule has 1 saturated heterocycles. The van der Waals surface area contributed by atoms with Crippen molar-refractivity contribution in [3.05, 3.63) is 35.4 Å². The quantitative estimate of drug-likeness (QED) is 0.831. The second-order valence-corrected chi connectivity index (χ2v) is 4.45. The summed E-state index contributed by atoms with van der Waals surface area (Å²) >= 11 is 0. The highest BCUT2D eigenvalue weighted by Gasteiger charge is 2.23. The van der Waals surface area contributed by atoms with E-state index in [0.29, 0.717) is 6.04 Å². The van der Waals surface area contributed by atoms with Crippen LogP contribution in [0.2, 0.25) is 0 Å². The molecule has 2 aliphatic heterocycles. The van der Waals surface area contributed by atoms with Gasteiger partial charge in [0.05, 0.1) is 32.0 Å². The van der Waals surface area contributed by atoms with E-state index in [9.17, 15) is 0 Å². The van der Waals surface area contributed by atoms with Crippen LogP contribution < -0.4 is 5.32 Å². The summed E-state index contributed by atoms with van der Waals surface area (Å²) in [6, 6.07) is 9.11. The van der Waals surface area contributed by atoms with Crippen LogP contribution in [-0.4, -0.2) is 32.4 Å². The van der Waals surface area contributed by atoms with Crippen molar-refractivity contribution in [2.24, 2.45) is 0 Å². The normalized spacial score (nSPS) is 24.9. The first-order valence-electron chi connectivity index (χ1n) is 5.94. The van der Waals surface area contributed by atoms with Crippen LogP contribution in [0.25, 0.3) is 0 Å². The van der Waals surface area contributed by atoms with Crippen molar-refractivity contribution in [1.29, 1.82) is 0 Å². The van der Waals surface area contributed by atoms with Gasteiger partial charge in [0.1, 0.15) is 0 Å². The van der Waals surface area contributed by atoms with Crippen LogP contribution in [0.5, 0.6) is 0 Å². The summed E-state index contributed by atoms with van der Waals surface area (Å²) in [7, 11) is 0. The van der Waals surface area contributed by atoms with Crippen molar-refractivity contribution in [1.82, 2.24) is 5.32 Å². The number of fused-ring (bicyclic) bond motifs is 1. The first-order valence-corrected chi connectivity index (χ1v) is 5.94. The van der Waals surface area contributed by atoms with Gasteiger partial charge in [-0.3, -0.25) is 0 Å². The maximum atomic E-state index is 5.82. The maximum absolute atomic E-state index is 5.82. The van der Waals surface area contributed by atoms with Gasteiger partial charge in [-0.2, -0.15) is 0 Å². The molecule has 0 bridgehead atoms. The lowest BCUT2D eigenvalue weighted by atomic mass is 9.97. The highest BCUT2D eigenvalue weighted by Crippen LogP contribution is 2.26. The fourth-order valence-electron chi connectivity index (χ4n) is 2.27. The zero-order valence-electron chi connectivity index (χ0n) is 9.32. The molecule has 16 heavy (non-hydrogen) atoms. The third-order valence-corrected chi connectivity index (χ3v) is 3.32. The van der Waals surface area contributed by atoms with E-state index in [1.165, 1.54) is 11.1 Å². The Balaban J connectivity index is 1.66. The molecule has 0 aliphatic carbocycles. The Morgan fingerprint density at radius 3 is 2.94 bits per heavy atom. The van der Waals surface area contributed by atoms with Gasteiger partial charge < -0.3 is 14.8 Å². The number of rotatable bonds is 3. The van der Waals surface area contributed by atoms with Gasteiger partial charge in [-0.15, -0.1) is 0 Å². The molecule has 0 saturated carbocycles. The van der Waals surface area contributed by atoms with Gasteiger partial charge in [0.2, 0.25) is 0 Å². The average molecular weight is 219 g/mol. The van der Waals surface area contributed by atoms with E-state index < -0.39 is 0 Å². The van der Waals surface area contributed by atoms with E-state index in [4.69, 9.17) is 9.47 Å². The van der Waals surface area contributed by atoms with Crippen LogP contribution in [0.1, 0.15) is 17.2 Å². The molecule has 2 aliphatic rings. The molecule has 3 nitrogen and oxygen atoms in total. The van der Waals surface area contributed by atoms with Crippen molar-refractivity contribution in [3.63, 3.8) is 0 Å².